The lowest BCUT2D eigenvalue weighted by molar-refractivity contribution is -0.121. The normalized spacial score (nSPS) is 12.8. The van der Waals surface area contributed by atoms with Gasteiger partial charge in [-0.1, -0.05) is 24.3 Å². The van der Waals surface area contributed by atoms with Crippen molar-refractivity contribution in [2.24, 2.45) is 5.10 Å². The van der Waals surface area contributed by atoms with Gasteiger partial charge in [0.05, 0.1) is 17.7 Å². The van der Waals surface area contributed by atoms with Crippen molar-refractivity contribution >= 4 is 38.7 Å². The standard InChI is InChI=1S/C22H23N3O4S2/c1-16(21-10-7-15-30-21)23-24-22(26)17(2)25(31(3,27)28)18-11-13-20(14-12-18)29-19-8-5-4-6-9-19/h4-15,17H,1-3H3,(H,24,26)/b23-16-/t17-/m1/s1. The lowest BCUT2D eigenvalue weighted by Crippen LogP contribution is -2.46. The number of benzene rings is 2. The second kappa shape index (κ2) is 9.76. The molecule has 0 saturated heterocycles. The molecule has 0 aliphatic rings. The van der Waals surface area contributed by atoms with Crippen LogP contribution in [-0.4, -0.2) is 32.3 Å². The van der Waals surface area contributed by atoms with Crippen LogP contribution in [0.1, 0.15) is 18.7 Å². The summed E-state index contributed by atoms with van der Waals surface area (Å²) < 4.78 is 31.7. The molecule has 9 heteroatoms. The lowest BCUT2D eigenvalue weighted by atomic mass is 10.2. The number of hydrogen-bond donors (Lipinski definition) is 1. The minimum Gasteiger partial charge on any atom is -0.457 e. The summed E-state index contributed by atoms with van der Waals surface area (Å²) in [7, 11) is -3.73. The Bertz CT molecular complexity index is 1140. The van der Waals surface area contributed by atoms with Gasteiger partial charge in [-0.3, -0.25) is 9.10 Å². The van der Waals surface area contributed by atoms with Crippen molar-refractivity contribution in [3.63, 3.8) is 0 Å². The molecule has 1 heterocycles. The van der Waals surface area contributed by atoms with Crippen LogP contribution in [-0.2, 0) is 14.8 Å². The van der Waals surface area contributed by atoms with E-state index in [9.17, 15) is 13.2 Å². The molecule has 1 N–H and O–H groups in total. The number of carbonyl (C=O) groups excluding carboxylic acids is 1. The van der Waals surface area contributed by atoms with Gasteiger partial charge in [0.25, 0.3) is 5.91 Å². The summed E-state index contributed by atoms with van der Waals surface area (Å²) in [4.78, 5) is 13.6. The van der Waals surface area contributed by atoms with E-state index in [1.165, 1.54) is 18.3 Å². The maximum Gasteiger partial charge on any atom is 0.263 e. The Hall–Kier alpha value is -3.17. The molecular formula is C22H23N3O4S2. The fraction of sp³-hybridized carbons (Fsp3) is 0.182. The predicted molar refractivity (Wildman–Crippen MR) is 124 cm³/mol. The molecule has 1 atom stereocenters. The Kier molecular flexibility index (Phi) is 7.09. The van der Waals surface area contributed by atoms with Crippen molar-refractivity contribution in [3.8, 4) is 11.5 Å². The van der Waals surface area contributed by atoms with Gasteiger partial charge in [0.2, 0.25) is 10.0 Å². The van der Waals surface area contributed by atoms with Gasteiger partial charge in [-0.2, -0.15) is 5.10 Å². The van der Waals surface area contributed by atoms with Crippen molar-refractivity contribution in [1.29, 1.82) is 0 Å². The molecule has 3 rings (SSSR count). The topological polar surface area (TPSA) is 88.1 Å². The Labute approximate surface area is 186 Å². The van der Waals surface area contributed by atoms with E-state index in [0.29, 0.717) is 22.9 Å². The average molecular weight is 458 g/mol. The monoisotopic (exact) mass is 457 g/mol. The van der Waals surface area contributed by atoms with Crippen molar-refractivity contribution < 1.29 is 17.9 Å². The minimum atomic E-state index is -3.73. The molecule has 0 unspecified atom stereocenters. The van der Waals surface area contributed by atoms with Crippen LogP contribution in [0.15, 0.2) is 77.2 Å². The third kappa shape index (κ3) is 5.93. The third-order valence-corrected chi connectivity index (χ3v) is 6.59. The van der Waals surface area contributed by atoms with E-state index < -0.39 is 22.0 Å². The van der Waals surface area contributed by atoms with E-state index in [1.807, 2.05) is 47.8 Å². The molecule has 0 aliphatic heterocycles. The van der Waals surface area contributed by atoms with E-state index in [1.54, 1.807) is 31.2 Å². The fourth-order valence-electron chi connectivity index (χ4n) is 2.87. The van der Waals surface area contributed by atoms with Crippen LogP contribution in [0, 0.1) is 0 Å². The second-order valence-corrected chi connectivity index (χ2v) is 9.60. The zero-order valence-electron chi connectivity index (χ0n) is 17.3. The molecule has 7 nitrogen and oxygen atoms in total. The summed E-state index contributed by atoms with van der Waals surface area (Å²) in [6, 6.07) is 18.5. The minimum absolute atomic E-state index is 0.351. The van der Waals surface area contributed by atoms with Gasteiger partial charge in [0, 0.05) is 4.88 Å². The Morgan fingerprint density at radius 2 is 1.68 bits per heavy atom. The van der Waals surface area contributed by atoms with Crippen molar-refractivity contribution in [2.45, 2.75) is 19.9 Å². The summed E-state index contributed by atoms with van der Waals surface area (Å²) in [6.45, 7) is 3.29. The van der Waals surface area contributed by atoms with E-state index in [-0.39, 0.29) is 0 Å². The quantitative estimate of drug-likeness (QED) is 0.405. The number of thiophene rings is 1. The second-order valence-electron chi connectivity index (χ2n) is 6.79. The van der Waals surface area contributed by atoms with Crippen molar-refractivity contribution in [3.05, 3.63) is 77.0 Å². The zero-order chi connectivity index (χ0) is 22.4. The number of ether oxygens (including phenoxy) is 1. The van der Waals surface area contributed by atoms with E-state index in [4.69, 9.17) is 4.74 Å². The van der Waals surface area contributed by atoms with Crippen LogP contribution < -0.4 is 14.5 Å². The number of sulfonamides is 1. The number of nitrogens with one attached hydrogen (secondary N) is 1. The van der Waals surface area contributed by atoms with Crippen LogP contribution in [0.25, 0.3) is 0 Å². The largest absolute Gasteiger partial charge is 0.457 e. The van der Waals surface area contributed by atoms with Crippen LogP contribution >= 0.6 is 11.3 Å². The number of amides is 1. The molecule has 162 valence electrons. The first-order valence-electron chi connectivity index (χ1n) is 9.46. The lowest BCUT2D eigenvalue weighted by Gasteiger charge is -2.27. The summed E-state index contributed by atoms with van der Waals surface area (Å²) in [5.41, 5.74) is 3.46. The number of hydrogen-bond acceptors (Lipinski definition) is 6. The number of carbonyl (C=O) groups is 1. The van der Waals surface area contributed by atoms with Gasteiger partial charge in [-0.15, -0.1) is 11.3 Å². The molecule has 0 radical (unpaired) electrons. The first kappa shape index (κ1) is 22.5. The van der Waals surface area contributed by atoms with Gasteiger partial charge >= 0.3 is 0 Å². The first-order chi connectivity index (χ1) is 14.8. The molecule has 0 fully saturated rings. The first-order valence-corrected chi connectivity index (χ1v) is 12.2. The number of para-hydroxylation sites is 1. The van der Waals surface area contributed by atoms with Crippen LogP contribution in [0.2, 0.25) is 0 Å². The van der Waals surface area contributed by atoms with Gasteiger partial charge in [0.1, 0.15) is 17.5 Å². The highest BCUT2D eigenvalue weighted by Crippen LogP contribution is 2.27. The number of hydrazone groups is 1. The number of anilines is 1. The summed E-state index contributed by atoms with van der Waals surface area (Å²) in [5.74, 6) is 0.685. The number of nitrogens with zero attached hydrogens (tertiary/aromatic N) is 2. The van der Waals surface area contributed by atoms with Crippen LogP contribution in [0.3, 0.4) is 0 Å². The maximum atomic E-state index is 12.6. The Balaban J connectivity index is 1.76. The number of rotatable bonds is 8. The zero-order valence-corrected chi connectivity index (χ0v) is 19.0. The van der Waals surface area contributed by atoms with Gasteiger partial charge in [0.15, 0.2) is 0 Å². The van der Waals surface area contributed by atoms with Crippen LogP contribution in [0.5, 0.6) is 11.5 Å². The molecule has 3 aromatic rings. The fourth-order valence-corrected chi connectivity index (χ4v) is 4.72. The van der Waals surface area contributed by atoms with Gasteiger partial charge in [-0.05, 0) is 61.7 Å². The Morgan fingerprint density at radius 1 is 1.03 bits per heavy atom. The van der Waals surface area contributed by atoms with E-state index in [0.717, 1.165) is 15.4 Å². The van der Waals surface area contributed by atoms with E-state index >= 15 is 0 Å². The molecule has 0 spiro atoms. The summed E-state index contributed by atoms with van der Waals surface area (Å²) >= 11 is 1.50. The highest BCUT2D eigenvalue weighted by Gasteiger charge is 2.29. The highest BCUT2D eigenvalue weighted by molar-refractivity contribution is 7.92. The molecular weight excluding hydrogens is 434 g/mol. The average Bonchev–Trinajstić information content (AvgIpc) is 3.28. The maximum absolute atomic E-state index is 12.6. The van der Waals surface area contributed by atoms with Gasteiger partial charge < -0.3 is 4.74 Å². The van der Waals surface area contributed by atoms with Crippen molar-refractivity contribution in [1.82, 2.24) is 5.43 Å². The molecule has 31 heavy (non-hydrogen) atoms. The highest BCUT2D eigenvalue weighted by atomic mass is 32.2. The van der Waals surface area contributed by atoms with Crippen LogP contribution in [0.4, 0.5) is 5.69 Å². The summed E-state index contributed by atoms with van der Waals surface area (Å²) in [5, 5.41) is 6.00. The Morgan fingerprint density at radius 3 is 2.26 bits per heavy atom. The molecule has 1 aromatic heterocycles. The predicted octanol–water partition coefficient (Wildman–Crippen LogP) is 4.24. The molecule has 0 bridgehead atoms. The van der Waals surface area contributed by atoms with Crippen molar-refractivity contribution in [2.75, 3.05) is 10.6 Å². The molecule has 0 saturated carbocycles. The smallest absolute Gasteiger partial charge is 0.263 e. The molecule has 2 aromatic carbocycles. The SMILES string of the molecule is C/C(=N/NC(=O)[C@@H](C)N(c1ccc(Oc2ccccc2)cc1)S(C)(=O)=O)c1cccs1. The van der Waals surface area contributed by atoms with E-state index in [2.05, 4.69) is 10.5 Å². The van der Waals surface area contributed by atoms with Gasteiger partial charge in [-0.25, -0.2) is 13.8 Å². The third-order valence-electron chi connectivity index (χ3n) is 4.37. The molecule has 1 amide bonds. The molecule has 0 aliphatic carbocycles. The summed E-state index contributed by atoms with van der Waals surface area (Å²) in [6.07, 6.45) is 1.06.